The number of guanidine groups is 1. The van der Waals surface area contributed by atoms with Gasteiger partial charge in [0, 0.05) is 19.3 Å². The average molecular weight is 291 g/mol. The molecule has 2 rings (SSSR count). The van der Waals surface area contributed by atoms with E-state index in [1.165, 1.54) is 11.1 Å². The fraction of sp³-hybridized carbons (Fsp3) is 0.429. The van der Waals surface area contributed by atoms with Gasteiger partial charge in [0.1, 0.15) is 0 Å². The Labute approximate surface area is 123 Å². The van der Waals surface area contributed by atoms with E-state index in [4.69, 9.17) is 0 Å². The molecule has 0 spiro atoms. The van der Waals surface area contributed by atoms with Gasteiger partial charge in [-0.15, -0.1) is 0 Å². The second-order valence-electron chi connectivity index (χ2n) is 4.53. The molecule has 0 atom stereocenters. The molecule has 2 aromatic heterocycles. The number of aromatic nitrogens is 2. The molecule has 0 aliphatic heterocycles. The molecule has 20 heavy (non-hydrogen) atoms. The summed E-state index contributed by atoms with van der Waals surface area (Å²) in [4.78, 5) is 4.56. The Morgan fingerprint density at radius 3 is 3.00 bits per heavy atom. The molecule has 0 fully saturated rings. The Morgan fingerprint density at radius 1 is 1.45 bits per heavy atom. The van der Waals surface area contributed by atoms with Gasteiger partial charge in [-0.2, -0.15) is 16.4 Å². The van der Waals surface area contributed by atoms with Crippen molar-refractivity contribution >= 4 is 17.3 Å². The molecular weight excluding hydrogens is 270 g/mol. The summed E-state index contributed by atoms with van der Waals surface area (Å²) in [6.07, 6.45) is 3.91. The van der Waals surface area contributed by atoms with Crippen LogP contribution in [0.1, 0.15) is 18.1 Å². The van der Waals surface area contributed by atoms with Crippen molar-refractivity contribution in [1.29, 1.82) is 0 Å². The lowest BCUT2D eigenvalue weighted by Gasteiger charge is -2.11. The molecule has 0 aliphatic carbocycles. The predicted octanol–water partition coefficient (Wildman–Crippen LogP) is 2.01. The molecule has 0 unspecified atom stereocenters. The van der Waals surface area contributed by atoms with Gasteiger partial charge < -0.3 is 10.6 Å². The Balaban J connectivity index is 1.80. The Hall–Kier alpha value is -1.82. The molecule has 0 radical (unpaired) electrons. The van der Waals surface area contributed by atoms with Gasteiger partial charge in [0.2, 0.25) is 0 Å². The van der Waals surface area contributed by atoms with Crippen molar-refractivity contribution in [3.8, 4) is 0 Å². The van der Waals surface area contributed by atoms with Crippen LogP contribution in [0.4, 0.5) is 0 Å². The fourth-order valence-electron chi connectivity index (χ4n) is 1.77. The maximum atomic E-state index is 4.56. The van der Waals surface area contributed by atoms with Crippen LogP contribution in [0.5, 0.6) is 0 Å². The van der Waals surface area contributed by atoms with E-state index in [-0.39, 0.29) is 0 Å². The zero-order valence-electron chi connectivity index (χ0n) is 12.0. The van der Waals surface area contributed by atoms with Crippen LogP contribution in [0, 0.1) is 6.92 Å². The van der Waals surface area contributed by atoms with Gasteiger partial charge in [0.15, 0.2) is 5.96 Å². The van der Waals surface area contributed by atoms with Crippen LogP contribution in [0.2, 0.25) is 0 Å². The summed E-state index contributed by atoms with van der Waals surface area (Å²) >= 11 is 1.70. The van der Waals surface area contributed by atoms with Gasteiger partial charge in [-0.3, -0.25) is 4.68 Å². The van der Waals surface area contributed by atoms with Crippen molar-refractivity contribution in [2.75, 3.05) is 13.1 Å². The van der Waals surface area contributed by atoms with E-state index in [2.05, 4.69) is 44.5 Å². The van der Waals surface area contributed by atoms with Crippen LogP contribution >= 0.6 is 11.3 Å². The van der Waals surface area contributed by atoms with Crippen molar-refractivity contribution in [3.63, 3.8) is 0 Å². The fourth-order valence-corrected chi connectivity index (χ4v) is 2.43. The summed E-state index contributed by atoms with van der Waals surface area (Å²) < 4.78 is 1.94. The highest BCUT2D eigenvalue weighted by atomic mass is 32.1. The lowest BCUT2D eigenvalue weighted by Crippen LogP contribution is -2.38. The summed E-state index contributed by atoms with van der Waals surface area (Å²) in [5, 5.41) is 15.0. The van der Waals surface area contributed by atoms with Gasteiger partial charge in [0.25, 0.3) is 0 Å². The summed E-state index contributed by atoms with van der Waals surface area (Å²) in [7, 11) is 0. The van der Waals surface area contributed by atoms with Crippen LogP contribution in [-0.4, -0.2) is 28.8 Å². The Morgan fingerprint density at radius 2 is 2.35 bits per heavy atom. The number of nitrogens with zero attached hydrogens (tertiary/aromatic N) is 3. The molecule has 2 N–H and O–H groups in total. The van der Waals surface area contributed by atoms with E-state index in [9.17, 15) is 0 Å². The van der Waals surface area contributed by atoms with Crippen LogP contribution in [0.3, 0.4) is 0 Å². The van der Waals surface area contributed by atoms with Crippen LogP contribution in [0.15, 0.2) is 34.2 Å². The standard InChI is InChI=1S/C14H21N5S/c1-3-15-14(17-9-13-4-7-20-11-13)16-5-6-19-10-12(2)8-18-19/h4,7-8,10-11H,3,5-6,9H2,1-2H3,(H2,15,16,17). The zero-order chi connectivity index (χ0) is 14.2. The number of hydrogen-bond donors (Lipinski definition) is 2. The number of thiophene rings is 1. The lowest BCUT2D eigenvalue weighted by molar-refractivity contribution is 0.597. The van der Waals surface area contributed by atoms with E-state index in [1.807, 2.05) is 24.0 Å². The topological polar surface area (TPSA) is 54.2 Å². The normalized spacial score (nSPS) is 11.6. The smallest absolute Gasteiger partial charge is 0.191 e. The minimum Gasteiger partial charge on any atom is -0.357 e. The summed E-state index contributed by atoms with van der Waals surface area (Å²) in [5.41, 5.74) is 2.43. The molecule has 108 valence electrons. The van der Waals surface area contributed by atoms with Crippen molar-refractivity contribution in [2.45, 2.75) is 26.9 Å². The molecular formula is C14H21N5S. The number of nitrogens with one attached hydrogen (secondary N) is 2. The third-order valence-corrected chi connectivity index (χ3v) is 3.47. The minimum absolute atomic E-state index is 0.708. The number of aryl methyl sites for hydroxylation is 1. The van der Waals surface area contributed by atoms with Crippen LogP contribution in [-0.2, 0) is 13.1 Å². The molecule has 0 amide bonds. The summed E-state index contributed by atoms with van der Waals surface area (Å²) in [6, 6.07) is 2.10. The molecule has 6 heteroatoms. The SMILES string of the molecule is CCNC(=NCc1ccsc1)NCCn1cc(C)cn1. The number of hydrogen-bond acceptors (Lipinski definition) is 3. The van der Waals surface area contributed by atoms with Crippen molar-refractivity contribution in [1.82, 2.24) is 20.4 Å². The molecule has 0 bridgehead atoms. The first-order valence-electron chi connectivity index (χ1n) is 6.80. The second kappa shape index (κ2) is 7.69. The van der Waals surface area contributed by atoms with E-state index in [1.54, 1.807) is 11.3 Å². The van der Waals surface area contributed by atoms with Crippen molar-refractivity contribution < 1.29 is 0 Å². The van der Waals surface area contributed by atoms with Gasteiger partial charge in [-0.1, -0.05) is 0 Å². The van der Waals surface area contributed by atoms with E-state index in [0.717, 1.165) is 25.6 Å². The Bertz CT molecular complexity index is 530. The first kappa shape index (κ1) is 14.6. The van der Waals surface area contributed by atoms with Gasteiger partial charge in [-0.25, -0.2) is 4.99 Å². The largest absolute Gasteiger partial charge is 0.357 e. The number of aliphatic imine (C=N–C) groups is 1. The zero-order valence-corrected chi connectivity index (χ0v) is 12.8. The second-order valence-corrected chi connectivity index (χ2v) is 5.31. The average Bonchev–Trinajstić information content (AvgIpc) is 3.08. The van der Waals surface area contributed by atoms with Gasteiger partial charge >= 0.3 is 0 Å². The highest BCUT2D eigenvalue weighted by Gasteiger charge is 1.99. The molecule has 0 saturated heterocycles. The lowest BCUT2D eigenvalue weighted by atomic mass is 10.3. The Kier molecular flexibility index (Phi) is 5.61. The maximum Gasteiger partial charge on any atom is 0.191 e. The third-order valence-electron chi connectivity index (χ3n) is 2.74. The van der Waals surface area contributed by atoms with Crippen molar-refractivity contribution in [3.05, 3.63) is 40.3 Å². The molecule has 2 heterocycles. The highest BCUT2D eigenvalue weighted by Crippen LogP contribution is 2.06. The summed E-state index contributed by atoms with van der Waals surface area (Å²) in [5.74, 6) is 0.850. The van der Waals surface area contributed by atoms with Crippen LogP contribution < -0.4 is 10.6 Å². The minimum atomic E-state index is 0.708. The first-order valence-corrected chi connectivity index (χ1v) is 7.74. The molecule has 0 aromatic carbocycles. The quantitative estimate of drug-likeness (QED) is 0.632. The van der Waals surface area contributed by atoms with Gasteiger partial charge in [-0.05, 0) is 41.8 Å². The van der Waals surface area contributed by atoms with Crippen molar-refractivity contribution in [2.24, 2.45) is 4.99 Å². The van der Waals surface area contributed by atoms with E-state index >= 15 is 0 Å². The van der Waals surface area contributed by atoms with Crippen LogP contribution in [0.25, 0.3) is 0 Å². The third kappa shape index (κ3) is 4.70. The maximum absolute atomic E-state index is 4.56. The molecule has 5 nitrogen and oxygen atoms in total. The highest BCUT2D eigenvalue weighted by molar-refractivity contribution is 7.07. The van der Waals surface area contributed by atoms with Gasteiger partial charge in [0.05, 0.1) is 19.3 Å². The molecule has 0 saturated carbocycles. The monoisotopic (exact) mass is 291 g/mol. The summed E-state index contributed by atoms with van der Waals surface area (Å²) in [6.45, 7) is 7.31. The van der Waals surface area contributed by atoms with E-state index < -0.39 is 0 Å². The predicted molar refractivity (Wildman–Crippen MR) is 84.1 cm³/mol. The molecule has 2 aromatic rings. The number of rotatable bonds is 6. The first-order chi connectivity index (χ1) is 9.78. The van der Waals surface area contributed by atoms with E-state index in [0.29, 0.717) is 6.54 Å². The molecule has 0 aliphatic rings.